The molecule has 0 saturated heterocycles. The van der Waals surface area contributed by atoms with E-state index in [0.29, 0.717) is 16.2 Å². The minimum absolute atomic E-state index is 0.218. The van der Waals surface area contributed by atoms with Crippen LogP contribution in [0.25, 0.3) is 4.96 Å². The Hall–Kier alpha value is -1.74. The van der Waals surface area contributed by atoms with Crippen LogP contribution in [-0.2, 0) is 0 Å². The van der Waals surface area contributed by atoms with Crippen LogP contribution in [0.2, 0.25) is 0 Å². The molecule has 1 N–H and O–H groups in total. The number of thiazole rings is 1. The molecule has 0 spiro atoms. The first-order valence-corrected chi connectivity index (χ1v) is 8.06. The van der Waals surface area contributed by atoms with Crippen molar-refractivity contribution in [3.05, 3.63) is 61.0 Å². The first kappa shape index (κ1) is 14.2. The maximum atomic E-state index is 12.4. The molecular formula is C14H10IN3O2S. The number of amides is 1. The third-order valence-electron chi connectivity index (χ3n) is 3.00. The van der Waals surface area contributed by atoms with Crippen molar-refractivity contribution in [3.8, 4) is 0 Å². The number of carbonyl (C=O) groups excluding carboxylic acids is 1. The zero-order valence-corrected chi connectivity index (χ0v) is 13.9. The normalized spacial score (nSPS) is 10.8. The quantitative estimate of drug-likeness (QED) is 0.660. The van der Waals surface area contributed by atoms with Crippen LogP contribution in [0.1, 0.15) is 16.1 Å². The van der Waals surface area contributed by atoms with E-state index in [0.717, 1.165) is 3.57 Å². The summed E-state index contributed by atoms with van der Waals surface area (Å²) in [5.41, 5.74) is 1.00. The summed E-state index contributed by atoms with van der Waals surface area (Å²) in [5.74, 6) is -0.308. The number of aromatic nitrogens is 2. The summed E-state index contributed by atoms with van der Waals surface area (Å²) in [6, 6.07) is 7.21. The van der Waals surface area contributed by atoms with Crippen molar-refractivity contribution in [2.75, 3.05) is 5.32 Å². The molecule has 3 rings (SSSR count). The van der Waals surface area contributed by atoms with Crippen LogP contribution in [0, 0.1) is 10.5 Å². The summed E-state index contributed by atoms with van der Waals surface area (Å²) in [6.45, 7) is 1.71. The molecular weight excluding hydrogens is 401 g/mol. The number of hydrogen-bond donors (Lipinski definition) is 1. The minimum atomic E-state index is -0.308. The smallest absolute Gasteiger partial charge is 0.282 e. The Morgan fingerprint density at radius 1 is 1.38 bits per heavy atom. The number of nitrogens with one attached hydrogen (secondary N) is 1. The van der Waals surface area contributed by atoms with Crippen LogP contribution in [0.15, 0.2) is 40.6 Å². The van der Waals surface area contributed by atoms with E-state index < -0.39 is 0 Å². The fourth-order valence-electron chi connectivity index (χ4n) is 1.95. The lowest BCUT2D eigenvalue weighted by Crippen LogP contribution is -2.24. The van der Waals surface area contributed by atoms with Gasteiger partial charge in [-0.2, -0.15) is 0 Å². The van der Waals surface area contributed by atoms with Gasteiger partial charge in [-0.15, -0.1) is 11.3 Å². The van der Waals surface area contributed by atoms with Crippen LogP contribution >= 0.6 is 33.9 Å². The van der Waals surface area contributed by atoms with Crippen molar-refractivity contribution in [1.29, 1.82) is 0 Å². The number of aryl methyl sites for hydroxylation is 1. The molecule has 0 atom stereocenters. The lowest BCUT2D eigenvalue weighted by Gasteiger charge is -2.08. The fraction of sp³-hybridized carbons (Fsp3) is 0.0714. The van der Waals surface area contributed by atoms with E-state index in [1.54, 1.807) is 30.6 Å². The fourth-order valence-corrected chi connectivity index (χ4v) is 3.34. The van der Waals surface area contributed by atoms with Crippen molar-refractivity contribution in [2.45, 2.75) is 6.92 Å². The SMILES string of the molecule is Cc1nc2sccn2c(=O)c1NC(=O)c1ccccc1I. The number of hydrogen-bond acceptors (Lipinski definition) is 4. The third-order valence-corrected chi connectivity index (χ3v) is 4.70. The van der Waals surface area contributed by atoms with Crippen molar-refractivity contribution in [3.63, 3.8) is 0 Å². The molecule has 21 heavy (non-hydrogen) atoms. The number of anilines is 1. The highest BCUT2D eigenvalue weighted by Crippen LogP contribution is 2.16. The standard InChI is InChI=1S/C14H10IN3O2S/c1-8-11(13(20)18-6-7-21-14(18)16-8)17-12(19)9-4-2-3-5-10(9)15/h2-7H,1H3,(H,17,19). The Morgan fingerprint density at radius 3 is 2.90 bits per heavy atom. The molecule has 0 fully saturated rings. The van der Waals surface area contributed by atoms with Gasteiger partial charge >= 0.3 is 0 Å². The summed E-state index contributed by atoms with van der Waals surface area (Å²) in [5, 5.41) is 4.47. The summed E-state index contributed by atoms with van der Waals surface area (Å²) in [4.78, 5) is 29.6. The summed E-state index contributed by atoms with van der Waals surface area (Å²) in [6.07, 6.45) is 1.65. The molecule has 1 amide bonds. The molecule has 0 aliphatic carbocycles. The monoisotopic (exact) mass is 411 g/mol. The van der Waals surface area contributed by atoms with Gasteiger partial charge in [0.05, 0.1) is 11.3 Å². The topological polar surface area (TPSA) is 63.5 Å². The van der Waals surface area contributed by atoms with Gasteiger partial charge in [-0.05, 0) is 41.6 Å². The number of nitrogens with zero attached hydrogens (tertiary/aromatic N) is 2. The van der Waals surface area contributed by atoms with Gasteiger partial charge in [-0.1, -0.05) is 12.1 Å². The van der Waals surface area contributed by atoms with E-state index in [1.807, 2.05) is 12.1 Å². The first-order valence-electron chi connectivity index (χ1n) is 6.10. The van der Waals surface area contributed by atoms with Gasteiger partial charge in [0.2, 0.25) is 0 Å². The van der Waals surface area contributed by atoms with Crippen LogP contribution in [0.5, 0.6) is 0 Å². The van der Waals surface area contributed by atoms with Crippen LogP contribution < -0.4 is 10.9 Å². The summed E-state index contributed by atoms with van der Waals surface area (Å²) in [7, 11) is 0. The molecule has 2 heterocycles. The highest BCUT2D eigenvalue weighted by Gasteiger charge is 2.15. The number of halogens is 1. The van der Waals surface area contributed by atoms with Crippen LogP contribution in [0.4, 0.5) is 5.69 Å². The summed E-state index contributed by atoms with van der Waals surface area (Å²) >= 11 is 3.47. The second-order valence-electron chi connectivity index (χ2n) is 4.37. The largest absolute Gasteiger partial charge is 0.316 e. The van der Waals surface area contributed by atoms with Gasteiger partial charge < -0.3 is 5.32 Å². The second-order valence-corrected chi connectivity index (χ2v) is 6.40. The number of rotatable bonds is 2. The molecule has 2 aromatic heterocycles. The highest BCUT2D eigenvalue weighted by atomic mass is 127. The van der Waals surface area contributed by atoms with E-state index in [-0.39, 0.29) is 17.2 Å². The molecule has 0 aliphatic heterocycles. The van der Waals surface area contributed by atoms with Gasteiger partial charge in [0, 0.05) is 15.1 Å². The Kier molecular flexibility index (Phi) is 3.77. The molecule has 7 heteroatoms. The average Bonchev–Trinajstić information content (AvgIpc) is 2.92. The van der Waals surface area contributed by atoms with Crippen LogP contribution in [-0.4, -0.2) is 15.3 Å². The molecule has 0 radical (unpaired) electrons. The predicted octanol–water partition coefficient (Wildman–Crippen LogP) is 2.92. The highest BCUT2D eigenvalue weighted by molar-refractivity contribution is 14.1. The molecule has 3 aromatic rings. The maximum Gasteiger partial charge on any atom is 0.282 e. The maximum absolute atomic E-state index is 12.4. The molecule has 1 aromatic carbocycles. The zero-order valence-electron chi connectivity index (χ0n) is 11.0. The zero-order chi connectivity index (χ0) is 15.0. The Balaban J connectivity index is 2.04. The first-order chi connectivity index (χ1) is 10.1. The lowest BCUT2D eigenvalue weighted by atomic mass is 10.2. The Labute approximate surface area is 137 Å². The second kappa shape index (κ2) is 5.57. The third kappa shape index (κ3) is 2.58. The van der Waals surface area contributed by atoms with Gasteiger partial charge in [-0.25, -0.2) is 4.98 Å². The van der Waals surface area contributed by atoms with Gasteiger partial charge in [0.15, 0.2) is 4.96 Å². The van der Waals surface area contributed by atoms with Crippen molar-refractivity contribution in [2.24, 2.45) is 0 Å². The van der Waals surface area contributed by atoms with E-state index in [2.05, 4.69) is 32.9 Å². The molecule has 0 unspecified atom stereocenters. The van der Waals surface area contributed by atoms with Gasteiger partial charge in [0.25, 0.3) is 11.5 Å². The number of carbonyl (C=O) groups is 1. The predicted molar refractivity (Wildman–Crippen MR) is 91.2 cm³/mol. The van der Waals surface area contributed by atoms with E-state index in [9.17, 15) is 9.59 Å². The molecule has 0 saturated carbocycles. The van der Waals surface area contributed by atoms with E-state index in [1.165, 1.54) is 15.7 Å². The lowest BCUT2D eigenvalue weighted by molar-refractivity contribution is 0.102. The van der Waals surface area contributed by atoms with Crippen LogP contribution in [0.3, 0.4) is 0 Å². The van der Waals surface area contributed by atoms with Gasteiger partial charge in [-0.3, -0.25) is 14.0 Å². The van der Waals surface area contributed by atoms with Gasteiger partial charge in [0.1, 0.15) is 5.69 Å². The number of benzene rings is 1. The molecule has 0 bridgehead atoms. The van der Waals surface area contributed by atoms with Crippen molar-refractivity contribution >= 4 is 50.5 Å². The Bertz CT molecular complexity index is 901. The number of fused-ring (bicyclic) bond motifs is 1. The summed E-state index contributed by atoms with van der Waals surface area (Å²) < 4.78 is 2.26. The van der Waals surface area contributed by atoms with E-state index >= 15 is 0 Å². The molecule has 0 aliphatic rings. The minimum Gasteiger partial charge on any atom is -0.316 e. The molecule has 5 nitrogen and oxygen atoms in total. The van der Waals surface area contributed by atoms with E-state index in [4.69, 9.17) is 0 Å². The molecule has 106 valence electrons. The Morgan fingerprint density at radius 2 is 2.14 bits per heavy atom. The van der Waals surface area contributed by atoms with Crippen molar-refractivity contribution in [1.82, 2.24) is 9.38 Å². The van der Waals surface area contributed by atoms with Crippen molar-refractivity contribution < 1.29 is 4.79 Å². The average molecular weight is 411 g/mol.